The molecule has 0 bridgehead atoms. The summed E-state index contributed by atoms with van der Waals surface area (Å²) in [6.07, 6.45) is 14.8. The first kappa shape index (κ1) is 10.2. The first-order chi connectivity index (χ1) is 6.86. The second-order valence-corrected chi connectivity index (χ2v) is 4.99. The topological polar surface area (TPSA) is 26.0 Å². The Bertz CT molecular complexity index is 201. The standard InChI is InChI=1S/C13H23N/c14-13-9-5-4-8-12(10-13)11-6-2-1-3-7-11/h10-11,13H,1-9,14H2. The van der Waals surface area contributed by atoms with Gasteiger partial charge in [0.1, 0.15) is 0 Å². The Morgan fingerprint density at radius 1 is 0.929 bits per heavy atom. The van der Waals surface area contributed by atoms with Gasteiger partial charge in [-0.1, -0.05) is 37.3 Å². The highest BCUT2D eigenvalue weighted by Crippen LogP contribution is 2.33. The minimum absolute atomic E-state index is 0.356. The zero-order chi connectivity index (χ0) is 9.80. The van der Waals surface area contributed by atoms with Gasteiger partial charge in [-0.3, -0.25) is 0 Å². The normalized spacial score (nSPS) is 30.9. The van der Waals surface area contributed by atoms with E-state index in [2.05, 4.69) is 6.08 Å². The first-order valence-electron chi connectivity index (χ1n) is 6.32. The molecule has 1 heteroatoms. The van der Waals surface area contributed by atoms with Gasteiger partial charge in [-0.15, -0.1) is 0 Å². The monoisotopic (exact) mass is 193 g/mol. The summed E-state index contributed by atoms with van der Waals surface area (Å²) >= 11 is 0. The highest BCUT2D eigenvalue weighted by molar-refractivity contribution is 5.12. The maximum atomic E-state index is 6.06. The van der Waals surface area contributed by atoms with Gasteiger partial charge in [0.05, 0.1) is 0 Å². The van der Waals surface area contributed by atoms with Crippen LogP contribution < -0.4 is 5.73 Å². The summed E-state index contributed by atoms with van der Waals surface area (Å²) in [7, 11) is 0. The molecule has 1 unspecified atom stereocenters. The average molecular weight is 193 g/mol. The third kappa shape index (κ3) is 2.60. The van der Waals surface area contributed by atoms with Crippen LogP contribution >= 0.6 is 0 Å². The molecule has 1 nitrogen and oxygen atoms in total. The molecule has 2 rings (SSSR count). The van der Waals surface area contributed by atoms with Gasteiger partial charge in [0.2, 0.25) is 0 Å². The first-order valence-corrected chi connectivity index (χ1v) is 6.32. The minimum Gasteiger partial charge on any atom is -0.324 e. The lowest BCUT2D eigenvalue weighted by atomic mass is 9.82. The highest BCUT2D eigenvalue weighted by Gasteiger charge is 2.19. The Morgan fingerprint density at radius 2 is 1.64 bits per heavy atom. The zero-order valence-electron chi connectivity index (χ0n) is 9.17. The molecule has 1 saturated carbocycles. The third-order valence-electron chi connectivity index (χ3n) is 3.81. The maximum absolute atomic E-state index is 6.06. The second kappa shape index (κ2) is 4.97. The summed E-state index contributed by atoms with van der Waals surface area (Å²) in [6, 6.07) is 0.356. The molecular weight excluding hydrogens is 170 g/mol. The van der Waals surface area contributed by atoms with E-state index in [9.17, 15) is 0 Å². The molecule has 0 aromatic heterocycles. The van der Waals surface area contributed by atoms with Gasteiger partial charge in [-0.2, -0.15) is 0 Å². The molecule has 0 aromatic carbocycles. The lowest BCUT2D eigenvalue weighted by molar-refractivity contribution is 0.393. The molecule has 0 spiro atoms. The van der Waals surface area contributed by atoms with Gasteiger partial charge in [-0.05, 0) is 38.0 Å². The number of nitrogens with two attached hydrogens (primary N) is 1. The Labute approximate surface area is 87.8 Å². The lowest BCUT2D eigenvalue weighted by Gasteiger charge is -2.24. The summed E-state index contributed by atoms with van der Waals surface area (Å²) in [5, 5.41) is 0. The van der Waals surface area contributed by atoms with Crippen molar-refractivity contribution in [2.24, 2.45) is 11.7 Å². The third-order valence-corrected chi connectivity index (χ3v) is 3.81. The lowest BCUT2D eigenvalue weighted by Crippen LogP contribution is -2.17. The summed E-state index contributed by atoms with van der Waals surface area (Å²) in [5.41, 5.74) is 7.76. The van der Waals surface area contributed by atoms with Gasteiger partial charge < -0.3 is 5.73 Å². The summed E-state index contributed by atoms with van der Waals surface area (Å²) < 4.78 is 0. The van der Waals surface area contributed by atoms with E-state index in [-0.39, 0.29) is 0 Å². The molecule has 0 amide bonds. The van der Waals surface area contributed by atoms with Crippen molar-refractivity contribution in [1.82, 2.24) is 0 Å². The van der Waals surface area contributed by atoms with Crippen molar-refractivity contribution < 1.29 is 0 Å². The largest absolute Gasteiger partial charge is 0.324 e. The van der Waals surface area contributed by atoms with Crippen molar-refractivity contribution in [3.05, 3.63) is 11.6 Å². The smallest absolute Gasteiger partial charge is 0.0226 e. The fourth-order valence-electron chi connectivity index (χ4n) is 2.96. The molecule has 0 heterocycles. The number of rotatable bonds is 1. The minimum atomic E-state index is 0.356. The van der Waals surface area contributed by atoms with Crippen LogP contribution in [-0.2, 0) is 0 Å². The Balaban J connectivity index is 1.98. The molecule has 2 N–H and O–H groups in total. The molecule has 0 aromatic rings. The van der Waals surface area contributed by atoms with E-state index in [1.165, 1.54) is 57.8 Å². The molecule has 1 fully saturated rings. The predicted molar refractivity (Wildman–Crippen MR) is 61.1 cm³/mol. The van der Waals surface area contributed by atoms with Crippen molar-refractivity contribution >= 4 is 0 Å². The van der Waals surface area contributed by atoms with Crippen LogP contribution in [0, 0.1) is 5.92 Å². The fourth-order valence-corrected chi connectivity index (χ4v) is 2.96. The molecule has 80 valence electrons. The maximum Gasteiger partial charge on any atom is 0.0226 e. The molecule has 0 saturated heterocycles. The summed E-state index contributed by atoms with van der Waals surface area (Å²) in [5.74, 6) is 0.896. The molecule has 0 aliphatic heterocycles. The molecule has 2 aliphatic carbocycles. The van der Waals surface area contributed by atoms with Gasteiger partial charge in [-0.25, -0.2) is 0 Å². The van der Waals surface area contributed by atoms with Crippen LogP contribution in [0.2, 0.25) is 0 Å². The van der Waals surface area contributed by atoms with Gasteiger partial charge in [0, 0.05) is 6.04 Å². The Hall–Kier alpha value is -0.300. The molecule has 2 aliphatic rings. The van der Waals surface area contributed by atoms with Crippen LogP contribution in [0.5, 0.6) is 0 Å². The summed E-state index contributed by atoms with van der Waals surface area (Å²) in [6.45, 7) is 0. The fraction of sp³-hybridized carbons (Fsp3) is 0.846. The average Bonchev–Trinajstić information content (AvgIpc) is 2.44. The number of hydrogen-bond donors (Lipinski definition) is 1. The van der Waals surface area contributed by atoms with Gasteiger partial charge >= 0.3 is 0 Å². The van der Waals surface area contributed by atoms with Crippen molar-refractivity contribution in [1.29, 1.82) is 0 Å². The van der Waals surface area contributed by atoms with E-state index >= 15 is 0 Å². The van der Waals surface area contributed by atoms with Crippen LogP contribution in [0.1, 0.15) is 57.8 Å². The molecule has 0 radical (unpaired) electrons. The SMILES string of the molecule is NC1C=C(C2CCCCC2)CCCC1. The second-order valence-electron chi connectivity index (χ2n) is 4.99. The van der Waals surface area contributed by atoms with Crippen LogP contribution in [0.25, 0.3) is 0 Å². The van der Waals surface area contributed by atoms with Gasteiger partial charge in [0.25, 0.3) is 0 Å². The van der Waals surface area contributed by atoms with Crippen molar-refractivity contribution in [3.8, 4) is 0 Å². The highest BCUT2D eigenvalue weighted by atomic mass is 14.6. The van der Waals surface area contributed by atoms with E-state index in [1.54, 1.807) is 5.57 Å². The van der Waals surface area contributed by atoms with E-state index < -0.39 is 0 Å². The van der Waals surface area contributed by atoms with Crippen molar-refractivity contribution in [3.63, 3.8) is 0 Å². The van der Waals surface area contributed by atoms with Crippen LogP contribution in [-0.4, -0.2) is 6.04 Å². The van der Waals surface area contributed by atoms with Crippen LogP contribution in [0.4, 0.5) is 0 Å². The van der Waals surface area contributed by atoms with E-state index in [4.69, 9.17) is 5.73 Å². The Kier molecular flexibility index (Phi) is 3.63. The van der Waals surface area contributed by atoms with Gasteiger partial charge in [0.15, 0.2) is 0 Å². The summed E-state index contributed by atoms with van der Waals surface area (Å²) in [4.78, 5) is 0. The van der Waals surface area contributed by atoms with E-state index in [0.717, 1.165) is 5.92 Å². The number of hydrogen-bond acceptors (Lipinski definition) is 1. The molecular formula is C13H23N. The zero-order valence-corrected chi connectivity index (χ0v) is 9.17. The molecule has 1 atom stereocenters. The van der Waals surface area contributed by atoms with Crippen LogP contribution in [0.15, 0.2) is 11.6 Å². The quantitative estimate of drug-likeness (QED) is 0.635. The molecule has 14 heavy (non-hydrogen) atoms. The van der Waals surface area contributed by atoms with E-state index in [0.29, 0.717) is 6.04 Å². The number of allylic oxidation sites excluding steroid dienone is 1. The van der Waals surface area contributed by atoms with Crippen LogP contribution in [0.3, 0.4) is 0 Å². The Morgan fingerprint density at radius 3 is 2.43 bits per heavy atom. The predicted octanol–water partition coefficient (Wildman–Crippen LogP) is 3.39. The van der Waals surface area contributed by atoms with Crippen molar-refractivity contribution in [2.75, 3.05) is 0 Å². The van der Waals surface area contributed by atoms with Crippen molar-refractivity contribution in [2.45, 2.75) is 63.8 Å². The van der Waals surface area contributed by atoms with E-state index in [1.807, 2.05) is 0 Å².